The fourth-order valence-electron chi connectivity index (χ4n) is 5.31. The van der Waals surface area contributed by atoms with Gasteiger partial charge in [-0.05, 0) is 56.9 Å². The molecular formula is C23H29FN4O3. The zero-order valence-electron chi connectivity index (χ0n) is 18.0. The third kappa shape index (κ3) is 3.82. The number of imidazole rings is 1. The van der Waals surface area contributed by atoms with Gasteiger partial charge in [0.2, 0.25) is 5.91 Å². The molecule has 1 aromatic heterocycles. The molecule has 0 bridgehead atoms. The molecule has 31 heavy (non-hydrogen) atoms. The molecule has 1 saturated carbocycles. The molecule has 1 amide bonds. The van der Waals surface area contributed by atoms with Crippen LogP contribution in [0.4, 0.5) is 4.39 Å². The molecule has 2 aliphatic heterocycles. The van der Waals surface area contributed by atoms with Gasteiger partial charge in [0, 0.05) is 38.3 Å². The first kappa shape index (κ1) is 20.4. The van der Waals surface area contributed by atoms with Gasteiger partial charge in [-0.3, -0.25) is 19.1 Å². The number of halogens is 1. The van der Waals surface area contributed by atoms with Crippen LogP contribution in [0.5, 0.6) is 0 Å². The summed E-state index contributed by atoms with van der Waals surface area (Å²) in [7, 11) is 0. The van der Waals surface area contributed by atoms with E-state index < -0.39 is 5.82 Å². The maximum absolute atomic E-state index is 14.4. The number of fused-ring (bicyclic) bond motifs is 1. The summed E-state index contributed by atoms with van der Waals surface area (Å²) < 4.78 is 16.0. The van der Waals surface area contributed by atoms with Crippen molar-refractivity contribution < 1.29 is 14.0 Å². The van der Waals surface area contributed by atoms with Crippen LogP contribution < -0.4 is 5.69 Å². The smallest absolute Gasteiger partial charge is 0.326 e. The predicted octanol–water partition coefficient (Wildman–Crippen LogP) is 2.71. The molecule has 0 radical (unpaired) electrons. The average Bonchev–Trinajstić information content (AvgIpc) is 3.41. The van der Waals surface area contributed by atoms with E-state index in [-0.39, 0.29) is 29.0 Å². The Balaban J connectivity index is 1.23. The highest BCUT2D eigenvalue weighted by atomic mass is 19.1. The number of carbonyl (C=O) groups is 2. The lowest BCUT2D eigenvalue weighted by molar-refractivity contribution is -0.134. The van der Waals surface area contributed by atoms with Crippen LogP contribution in [0.2, 0.25) is 0 Å². The summed E-state index contributed by atoms with van der Waals surface area (Å²) in [5.41, 5.74) is 1.23. The lowest BCUT2D eigenvalue weighted by atomic mass is 9.93. The third-order valence-corrected chi connectivity index (χ3v) is 7.60. The van der Waals surface area contributed by atoms with Crippen molar-refractivity contribution in [1.82, 2.24) is 19.4 Å². The van der Waals surface area contributed by atoms with E-state index in [1.165, 1.54) is 31.9 Å². The number of nitrogens with zero attached hydrogens (tertiary/aromatic N) is 3. The molecule has 3 aliphatic rings. The van der Waals surface area contributed by atoms with Crippen LogP contribution in [-0.4, -0.2) is 63.8 Å². The molecular weight excluding hydrogens is 399 g/mol. The summed E-state index contributed by atoms with van der Waals surface area (Å²) >= 11 is 0. The fraction of sp³-hybridized carbons (Fsp3) is 0.609. The third-order valence-electron chi connectivity index (χ3n) is 7.60. The van der Waals surface area contributed by atoms with Crippen molar-refractivity contribution in [2.24, 2.45) is 5.41 Å². The number of carbonyl (C=O) groups excluding carboxylic acids is 2. The second-order valence-electron chi connectivity index (χ2n) is 9.59. The number of amides is 1. The monoisotopic (exact) mass is 428 g/mol. The lowest BCUT2D eigenvalue weighted by Crippen LogP contribution is -2.46. The molecule has 2 aromatic rings. The first-order valence-corrected chi connectivity index (χ1v) is 11.3. The van der Waals surface area contributed by atoms with Crippen molar-refractivity contribution in [3.05, 3.63) is 34.0 Å². The molecule has 1 N–H and O–H groups in total. The van der Waals surface area contributed by atoms with E-state index in [9.17, 15) is 18.8 Å². The van der Waals surface area contributed by atoms with Gasteiger partial charge in [0.1, 0.15) is 5.82 Å². The van der Waals surface area contributed by atoms with Gasteiger partial charge in [0.05, 0.1) is 23.1 Å². The number of Topliss-reactive ketones (excluding diaryl/α,β-unsaturated/α-hetero) is 1. The first-order valence-electron chi connectivity index (χ1n) is 11.3. The molecule has 1 aromatic carbocycles. The molecule has 1 aliphatic carbocycles. The number of hydrogen-bond acceptors (Lipinski definition) is 4. The molecule has 166 valence electrons. The summed E-state index contributed by atoms with van der Waals surface area (Å²) in [6, 6.07) is 2.64. The number of rotatable bonds is 4. The largest absolute Gasteiger partial charge is 0.342 e. The van der Waals surface area contributed by atoms with Gasteiger partial charge in [0.25, 0.3) is 0 Å². The van der Waals surface area contributed by atoms with E-state index in [2.05, 4.69) is 9.88 Å². The van der Waals surface area contributed by atoms with Crippen LogP contribution in [0.25, 0.3) is 11.0 Å². The van der Waals surface area contributed by atoms with E-state index in [4.69, 9.17) is 0 Å². The number of ketones is 1. The van der Waals surface area contributed by atoms with E-state index in [0.717, 1.165) is 51.9 Å². The minimum Gasteiger partial charge on any atom is -0.342 e. The summed E-state index contributed by atoms with van der Waals surface area (Å²) in [6.07, 6.45) is 6.39. The Labute approximate surface area is 180 Å². The van der Waals surface area contributed by atoms with Crippen molar-refractivity contribution in [2.45, 2.75) is 51.5 Å². The Morgan fingerprint density at radius 2 is 1.77 bits per heavy atom. The van der Waals surface area contributed by atoms with Gasteiger partial charge >= 0.3 is 5.69 Å². The van der Waals surface area contributed by atoms with Crippen molar-refractivity contribution in [2.75, 3.05) is 32.7 Å². The molecule has 0 unspecified atom stereocenters. The van der Waals surface area contributed by atoms with Crippen LogP contribution in [0, 0.1) is 11.2 Å². The van der Waals surface area contributed by atoms with Crippen molar-refractivity contribution >= 4 is 22.7 Å². The highest BCUT2D eigenvalue weighted by molar-refractivity contribution is 5.97. The second kappa shape index (κ2) is 7.58. The normalized spacial score (nSPS) is 21.7. The Hall–Kier alpha value is -2.48. The van der Waals surface area contributed by atoms with E-state index in [0.29, 0.717) is 23.0 Å². The number of likely N-dealkylation sites (tertiary alicyclic amines) is 2. The van der Waals surface area contributed by atoms with Crippen LogP contribution in [-0.2, 0) is 4.79 Å². The molecule has 3 heterocycles. The maximum atomic E-state index is 14.4. The number of aromatic nitrogens is 2. The van der Waals surface area contributed by atoms with Crippen LogP contribution in [0.3, 0.4) is 0 Å². The molecule has 7 nitrogen and oxygen atoms in total. The van der Waals surface area contributed by atoms with Gasteiger partial charge in [-0.1, -0.05) is 0 Å². The average molecular weight is 429 g/mol. The Morgan fingerprint density at radius 1 is 1.10 bits per heavy atom. The van der Waals surface area contributed by atoms with Crippen LogP contribution in [0.1, 0.15) is 61.8 Å². The minimum absolute atomic E-state index is 0.0143. The van der Waals surface area contributed by atoms with Gasteiger partial charge in [-0.15, -0.1) is 0 Å². The standard InChI is InChI=1S/C23H29FN4O3/c1-15(29)17-12-19-20(13-18(17)24)28(22(31)25-19)16-2-8-26(9-3-16)14-21(30)27-10-6-23(4-5-23)7-11-27/h12-13,16H,2-11,14H2,1H3,(H,25,31). The predicted molar refractivity (Wildman–Crippen MR) is 115 cm³/mol. The quantitative estimate of drug-likeness (QED) is 0.760. The number of aromatic amines is 1. The number of hydrogen-bond donors (Lipinski definition) is 1. The van der Waals surface area contributed by atoms with Gasteiger partial charge < -0.3 is 9.88 Å². The summed E-state index contributed by atoms with van der Waals surface area (Å²) in [5, 5.41) is 0. The number of H-pyrrole nitrogens is 1. The lowest BCUT2D eigenvalue weighted by Gasteiger charge is -2.36. The molecule has 3 fully saturated rings. The fourth-order valence-corrected chi connectivity index (χ4v) is 5.31. The summed E-state index contributed by atoms with van der Waals surface area (Å²) in [6.45, 7) is 4.95. The van der Waals surface area contributed by atoms with Gasteiger partial charge in [-0.2, -0.15) is 0 Å². The summed E-state index contributed by atoms with van der Waals surface area (Å²) in [4.78, 5) is 43.8. The van der Waals surface area contributed by atoms with Gasteiger partial charge in [-0.25, -0.2) is 9.18 Å². The summed E-state index contributed by atoms with van der Waals surface area (Å²) in [5.74, 6) is -0.769. The molecule has 8 heteroatoms. The molecule has 0 atom stereocenters. The Morgan fingerprint density at radius 3 is 2.39 bits per heavy atom. The number of piperidine rings is 2. The zero-order chi connectivity index (χ0) is 21.8. The van der Waals surface area contributed by atoms with E-state index >= 15 is 0 Å². The Bertz CT molecular complexity index is 1080. The topological polar surface area (TPSA) is 78.4 Å². The molecule has 1 spiro atoms. The Kier molecular flexibility index (Phi) is 5.00. The van der Waals surface area contributed by atoms with E-state index in [1.807, 2.05) is 4.90 Å². The van der Waals surface area contributed by atoms with Crippen molar-refractivity contribution in [3.8, 4) is 0 Å². The van der Waals surface area contributed by atoms with Crippen molar-refractivity contribution in [3.63, 3.8) is 0 Å². The van der Waals surface area contributed by atoms with Crippen molar-refractivity contribution in [1.29, 1.82) is 0 Å². The van der Waals surface area contributed by atoms with Crippen LogP contribution in [0.15, 0.2) is 16.9 Å². The highest BCUT2D eigenvalue weighted by Gasteiger charge is 2.45. The van der Waals surface area contributed by atoms with E-state index in [1.54, 1.807) is 4.57 Å². The zero-order valence-corrected chi connectivity index (χ0v) is 18.0. The van der Waals surface area contributed by atoms with Crippen LogP contribution >= 0.6 is 0 Å². The first-order chi connectivity index (χ1) is 14.8. The number of benzene rings is 1. The maximum Gasteiger partial charge on any atom is 0.326 e. The molecule has 2 saturated heterocycles. The molecule has 5 rings (SSSR count). The second-order valence-corrected chi connectivity index (χ2v) is 9.59. The highest BCUT2D eigenvalue weighted by Crippen LogP contribution is 2.53. The van der Waals surface area contributed by atoms with Gasteiger partial charge in [0.15, 0.2) is 5.78 Å². The SMILES string of the molecule is CC(=O)c1cc2[nH]c(=O)n(C3CCN(CC(=O)N4CCC5(CC4)CC5)CC3)c2cc1F. The number of nitrogens with one attached hydrogen (secondary N) is 1. The minimum atomic E-state index is -0.606.